The minimum Gasteiger partial charge on any atom is -0.281 e. The molecule has 0 bridgehead atoms. The third-order valence-electron chi connectivity index (χ3n) is 6.54. The van der Waals surface area contributed by atoms with Crippen LogP contribution in [0.4, 0.5) is 0 Å². The van der Waals surface area contributed by atoms with Gasteiger partial charge in [-0.25, -0.2) is 0 Å². The third-order valence-corrected chi connectivity index (χ3v) is 6.83. The van der Waals surface area contributed by atoms with E-state index in [1.54, 1.807) is 0 Å². The average molecular weight is 395 g/mol. The maximum absolute atomic E-state index is 6.76. The van der Waals surface area contributed by atoms with Crippen molar-refractivity contribution in [2.24, 2.45) is 5.41 Å². The number of halogens is 1. The van der Waals surface area contributed by atoms with E-state index in [1.807, 2.05) is 25.4 Å². The van der Waals surface area contributed by atoms with Gasteiger partial charge in [-0.05, 0) is 59.1 Å². The van der Waals surface area contributed by atoms with Crippen LogP contribution in [0.2, 0.25) is 5.02 Å². The first kappa shape index (κ1) is 19.1. The van der Waals surface area contributed by atoms with Crippen molar-refractivity contribution in [3.8, 4) is 16.8 Å². The molecular weight excluding hydrogens is 368 g/mol. The molecule has 0 spiro atoms. The number of nitrogens with zero attached hydrogens (tertiary/aromatic N) is 4. The van der Waals surface area contributed by atoms with Gasteiger partial charge in [0, 0.05) is 24.4 Å². The fourth-order valence-electron chi connectivity index (χ4n) is 3.74. The van der Waals surface area contributed by atoms with Crippen molar-refractivity contribution in [3.63, 3.8) is 0 Å². The van der Waals surface area contributed by atoms with Crippen molar-refractivity contribution >= 4 is 11.6 Å². The van der Waals surface area contributed by atoms with Crippen LogP contribution in [0.1, 0.15) is 57.4 Å². The normalized spacial score (nSPS) is 14.0. The van der Waals surface area contributed by atoms with Gasteiger partial charge < -0.3 is 0 Å². The summed E-state index contributed by atoms with van der Waals surface area (Å²) in [5.74, 6) is 1.86. The van der Waals surface area contributed by atoms with E-state index in [0.717, 1.165) is 46.3 Å². The van der Waals surface area contributed by atoms with Crippen molar-refractivity contribution in [1.82, 2.24) is 19.7 Å². The van der Waals surface area contributed by atoms with Gasteiger partial charge >= 0.3 is 0 Å². The lowest BCUT2D eigenvalue weighted by Gasteiger charge is -2.39. The fourth-order valence-corrected chi connectivity index (χ4v) is 4.07. The summed E-state index contributed by atoms with van der Waals surface area (Å²) in [7, 11) is 0. The molecule has 0 unspecified atom stereocenters. The van der Waals surface area contributed by atoms with Crippen LogP contribution in [0, 0.1) is 12.3 Å². The zero-order valence-corrected chi connectivity index (χ0v) is 18.2. The van der Waals surface area contributed by atoms with Gasteiger partial charge in [-0.1, -0.05) is 46.2 Å². The van der Waals surface area contributed by atoms with Crippen molar-refractivity contribution < 1.29 is 0 Å². The van der Waals surface area contributed by atoms with Crippen LogP contribution in [0.3, 0.4) is 0 Å². The Labute approximate surface area is 172 Å². The second kappa shape index (κ2) is 6.41. The van der Waals surface area contributed by atoms with Crippen LogP contribution < -0.4 is 0 Å². The average Bonchev–Trinajstić information content (AvgIpc) is 3.02. The Morgan fingerprint density at radius 3 is 2.39 bits per heavy atom. The lowest BCUT2D eigenvalue weighted by atomic mass is 9.65. The Hall–Kier alpha value is -2.20. The number of rotatable bonds is 2. The first-order valence-electron chi connectivity index (χ1n) is 9.79. The SMILES string of the molecule is Cc1nnc2n1-c1c(Cl)cc(-c3cncc(C(C)(C)C(C)(C)C)c3)cc1CC2. The van der Waals surface area contributed by atoms with Gasteiger partial charge in [0.1, 0.15) is 11.6 Å². The van der Waals surface area contributed by atoms with Gasteiger partial charge in [-0.15, -0.1) is 10.2 Å². The van der Waals surface area contributed by atoms with E-state index in [1.165, 1.54) is 11.1 Å². The molecule has 2 aromatic heterocycles. The van der Waals surface area contributed by atoms with E-state index < -0.39 is 0 Å². The van der Waals surface area contributed by atoms with Crippen LogP contribution in [-0.4, -0.2) is 19.7 Å². The topological polar surface area (TPSA) is 43.6 Å². The van der Waals surface area contributed by atoms with Crippen molar-refractivity contribution in [2.75, 3.05) is 0 Å². The van der Waals surface area contributed by atoms with Crippen LogP contribution in [0.5, 0.6) is 0 Å². The first-order chi connectivity index (χ1) is 13.1. The molecule has 4 nitrogen and oxygen atoms in total. The van der Waals surface area contributed by atoms with Gasteiger partial charge in [0.25, 0.3) is 0 Å². The molecule has 0 atom stereocenters. The maximum atomic E-state index is 6.76. The van der Waals surface area contributed by atoms with Crippen LogP contribution in [-0.2, 0) is 18.3 Å². The molecular formula is C23H27ClN4. The number of hydrogen-bond acceptors (Lipinski definition) is 3. The summed E-state index contributed by atoms with van der Waals surface area (Å²) in [5, 5.41) is 9.24. The lowest BCUT2D eigenvalue weighted by molar-refractivity contribution is 0.225. The molecule has 0 amide bonds. The summed E-state index contributed by atoms with van der Waals surface area (Å²) in [6.07, 6.45) is 5.71. The first-order valence-corrected chi connectivity index (χ1v) is 10.2. The van der Waals surface area contributed by atoms with E-state index in [-0.39, 0.29) is 10.8 Å². The number of benzene rings is 1. The van der Waals surface area contributed by atoms with Crippen LogP contribution >= 0.6 is 11.6 Å². The van der Waals surface area contributed by atoms with Gasteiger partial charge in [0.15, 0.2) is 0 Å². The summed E-state index contributed by atoms with van der Waals surface area (Å²) in [6.45, 7) is 13.4. The highest BCUT2D eigenvalue weighted by atomic mass is 35.5. The van der Waals surface area contributed by atoms with Gasteiger partial charge in [-0.3, -0.25) is 9.55 Å². The summed E-state index contributed by atoms with van der Waals surface area (Å²) in [4.78, 5) is 4.56. The Balaban J connectivity index is 1.82. The Kier molecular flexibility index (Phi) is 4.38. The smallest absolute Gasteiger partial charge is 0.137 e. The summed E-state index contributed by atoms with van der Waals surface area (Å²) < 4.78 is 2.09. The van der Waals surface area contributed by atoms with Crippen LogP contribution in [0.15, 0.2) is 30.6 Å². The highest BCUT2D eigenvalue weighted by Crippen LogP contribution is 2.42. The Bertz CT molecular complexity index is 1060. The molecule has 1 aromatic carbocycles. The highest BCUT2D eigenvalue weighted by molar-refractivity contribution is 6.33. The van der Waals surface area contributed by atoms with Crippen molar-refractivity contribution in [2.45, 2.75) is 59.8 Å². The molecule has 0 radical (unpaired) electrons. The van der Waals surface area contributed by atoms with E-state index in [0.29, 0.717) is 0 Å². The monoisotopic (exact) mass is 394 g/mol. The molecule has 0 fully saturated rings. The molecule has 3 heterocycles. The standard InChI is InChI=1S/C23H27ClN4/c1-14-26-27-20-8-7-15-9-16(11-19(24)21(15)28(14)20)17-10-18(13-25-12-17)23(5,6)22(2,3)4/h9-13H,7-8H2,1-6H3. The molecule has 1 aliphatic rings. The lowest BCUT2D eigenvalue weighted by Crippen LogP contribution is -2.34. The van der Waals surface area contributed by atoms with Gasteiger partial charge in [0.2, 0.25) is 0 Å². The number of aryl methyl sites for hydroxylation is 3. The quantitative estimate of drug-likeness (QED) is 0.558. The second-order valence-corrected chi connectivity index (χ2v) is 9.71. The molecule has 0 saturated heterocycles. The molecule has 146 valence electrons. The molecule has 5 heteroatoms. The maximum Gasteiger partial charge on any atom is 0.137 e. The molecule has 3 aromatic rings. The fraction of sp³-hybridized carbons (Fsp3) is 0.435. The molecule has 28 heavy (non-hydrogen) atoms. The van der Waals surface area contributed by atoms with Crippen molar-refractivity contribution in [3.05, 3.63) is 58.4 Å². The number of aromatic nitrogens is 4. The Morgan fingerprint density at radius 2 is 1.68 bits per heavy atom. The molecule has 0 N–H and O–H groups in total. The van der Waals surface area contributed by atoms with Gasteiger partial charge in [-0.2, -0.15) is 0 Å². The number of pyridine rings is 1. The zero-order chi connectivity index (χ0) is 20.3. The second-order valence-electron chi connectivity index (χ2n) is 9.30. The zero-order valence-electron chi connectivity index (χ0n) is 17.5. The predicted octanol–water partition coefficient (Wildman–Crippen LogP) is 5.71. The largest absolute Gasteiger partial charge is 0.281 e. The van der Waals surface area contributed by atoms with E-state index in [2.05, 4.69) is 66.5 Å². The number of fused-ring (bicyclic) bond motifs is 3. The van der Waals surface area contributed by atoms with E-state index in [9.17, 15) is 0 Å². The van der Waals surface area contributed by atoms with Gasteiger partial charge in [0.05, 0.1) is 10.7 Å². The molecule has 0 aliphatic carbocycles. The Morgan fingerprint density at radius 1 is 0.929 bits per heavy atom. The molecule has 4 rings (SSSR count). The third kappa shape index (κ3) is 2.95. The highest BCUT2D eigenvalue weighted by Gasteiger charge is 2.35. The minimum absolute atomic E-state index is 0.00249. The van der Waals surface area contributed by atoms with E-state index >= 15 is 0 Å². The summed E-state index contributed by atoms with van der Waals surface area (Å²) in [6, 6.07) is 6.54. The van der Waals surface area contributed by atoms with Crippen molar-refractivity contribution in [1.29, 1.82) is 0 Å². The van der Waals surface area contributed by atoms with E-state index in [4.69, 9.17) is 11.6 Å². The summed E-state index contributed by atoms with van der Waals surface area (Å²) >= 11 is 6.76. The summed E-state index contributed by atoms with van der Waals surface area (Å²) in [5.41, 5.74) is 5.84. The molecule has 1 aliphatic heterocycles. The molecule has 0 saturated carbocycles. The number of hydrogen-bond donors (Lipinski definition) is 0. The predicted molar refractivity (Wildman–Crippen MR) is 114 cm³/mol. The van der Waals surface area contributed by atoms with Crippen LogP contribution in [0.25, 0.3) is 16.8 Å². The minimum atomic E-state index is 0.00249.